The number of thioether (sulfide) groups is 1. The molecule has 8 heteroatoms. The van der Waals surface area contributed by atoms with Gasteiger partial charge in [0.05, 0.1) is 10.9 Å². The molecule has 0 aliphatic carbocycles. The monoisotopic (exact) mass is 396 g/mol. The number of hydrogen-bond acceptors (Lipinski definition) is 4. The Balaban J connectivity index is 2.02. The van der Waals surface area contributed by atoms with Gasteiger partial charge in [0.25, 0.3) is 0 Å². The van der Waals surface area contributed by atoms with Crippen LogP contribution in [0, 0.1) is 5.82 Å². The average molecular weight is 397 g/mol. The van der Waals surface area contributed by atoms with Gasteiger partial charge in [-0.3, -0.25) is 4.79 Å². The van der Waals surface area contributed by atoms with E-state index in [2.05, 4.69) is 4.72 Å². The minimum atomic E-state index is -3.90. The van der Waals surface area contributed by atoms with Crippen molar-refractivity contribution in [3.63, 3.8) is 0 Å². The molecule has 0 heterocycles. The van der Waals surface area contributed by atoms with Gasteiger partial charge in [0.15, 0.2) is 0 Å². The summed E-state index contributed by atoms with van der Waals surface area (Å²) >= 11 is 1.63. The fourth-order valence-electron chi connectivity index (χ4n) is 2.38. The highest BCUT2D eigenvalue weighted by atomic mass is 32.2. The Morgan fingerprint density at radius 3 is 2.27 bits per heavy atom. The van der Waals surface area contributed by atoms with Crippen molar-refractivity contribution in [3.8, 4) is 0 Å². The maximum absolute atomic E-state index is 12.9. The van der Waals surface area contributed by atoms with Crippen molar-refractivity contribution < 1.29 is 17.6 Å². The highest BCUT2D eigenvalue weighted by Gasteiger charge is 2.24. The average Bonchev–Trinajstić information content (AvgIpc) is 2.61. The zero-order valence-corrected chi connectivity index (χ0v) is 16.4. The van der Waals surface area contributed by atoms with E-state index in [1.807, 2.05) is 30.5 Å². The van der Waals surface area contributed by atoms with E-state index in [9.17, 15) is 17.6 Å². The maximum atomic E-state index is 12.9. The molecule has 0 saturated carbocycles. The summed E-state index contributed by atoms with van der Waals surface area (Å²) in [7, 11) is -2.29. The minimum Gasteiger partial charge on any atom is -0.340 e. The minimum absolute atomic E-state index is 0.0890. The fraction of sp³-hybridized carbons (Fsp3) is 0.278. The van der Waals surface area contributed by atoms with Gasteiger partial charge < -0.3 is 4.90 Å². The van der Waals surface area contributed by atoms with E-state index in [0.29, 0.717) is 6.54 Å². The molecule has 26 heavy (non-hydrogen) atoms. The van der Waals surface area contributed by atoms with Crippen molar-refractivity contribution >= 4 is 27.7 Å². The predicted octanol–water partition coefficient (Wildman–Crippen LogP) is 2.87. The lowest BCUT2D eigenvalue weighted by Gasteiger charge is -2.22. The van der Waals surface area contributed by atoms with Crippen molar-refractivity contribution in [2.45, 2.75) is 29.3 Å². The van der Waals surface area contributed by atoms with Crippen molar-refractivity contribution in [1.82, 2.24) is 9.62 Å². The molecule has 0 aromatic heterocycles. The van der Waals surface area contributed by atoms with E-state index < -0.39 is 21.9 Å². The molecule has 0 bridgehead atoms. The second kappa shape index (κ2) is 8.66. The highest BCUT2D eigenvalue weighted by Crippen LogP contribution is 2.16. The summed E-state index contributed by atoms with van der Waals surface area (Å²) in [6.07, 6.45) is 1.99. The molecule has 0 radical (unpaired) electrons. The van der Waals surface area contributed by atoms with E-state index in [1.165, 1.54) is 11.8 Å². The third-order valence-electron chi connectivity index (χ3n) is 3.78. The predicted molar refractivity (Wildman–Crippen MR) is 101 cm³/mol. The van der Waals surface area contributed by atoms with Gasteiger partial charge in [0, 0.05) is 18.5 Å². The Kier molecular flexibility index (Phi) is 6.80. The molecule has 2 aromatic rings. The summed E-state index contributed by atoms with van der Waals surface area (Å²) in [4.78, 5) is 15.0. The van der Waals surface area contributed by atoms with Gasteiger partial charge >= 0.3 is 0 Å². The molecular weight excluding hydrogens is 375 g/mol. The van der Waals surface area contributed by atoms with Crippen LogP contribution < -0.4 is 4.72 Å². The summed E-state index contributed by atoms with van der Waals surface area (Å²) in [5.41, 5.74) is 0.951. The SMILES string of the molecule is CSc1ccc(CN(C)C(=O)[C@@H](C)NS(=O)(=O)c2ccc(F)cc2)cc1. The summed E-state index contributed by atoms with van der Waals surface area (Å²) in [6.45, 7) is 1.85. The number of amides is 1. The second-order valence-electron chi connectivity index (χ2n) is 5.84. The van der Waals surface area contributed by atoms with Crippen LogP contribution in [-0.2, 0) is 21.4 Å². The van der Waals surface area contributed by atoms with E-state index in [1.54, 1.807) is 18.8 Å². The van der Waals surface area contributed by atoms with Crippen LogP contribution >= 0.6 is 11.8 Å². The number of nitrogens with zero attached hydrogens (tertiary/aromatic N) is 1. The molecule has 5 nitrogen and oxygen atoms in total. The molecular formula is C18H21FN2O3S2. The lowest BCUT2D eigenvalue weighted by atomic mass is 10.2. The number of likely N-dealkylation sites (N-methyl/N-ethyl adjacent to an activating group) is 1. The van der Waals surface area contributed by atoms with Crippen LogP contribution in [-0.4, -0.2) is 38.6 Å². The molecule has 1 N–H and O–H groups in total. The lowest BCUT2D eigenvalue weighted by molar-refractivity contribution is -0.131. The van der Waals surface area contributed by atoms with Crippen LogP contribution in [0.5, 0.6) is 0 Å². The third-order valence-corrected chi connectivity index (χ3v) is 6.08. The number of hydrogen-bond donors (Lipinski definition) is 1. The second-order valence-corrected chi connectivity index (χ2v) is 8.43. The van der Waals surface area contributed by atoms with E-state index in [4.69, 9.17) is 0 Å². The lowest BCUT2D eigenvalue weighted by Crippen LogP contribution is -2.45. The number of sulfonamides is 1. The van der Waals surface area contributed by atoms with Gasteiger partial charge in [-0.2, -0.15) is 4.72 Å². The molecule has 140 valence electrons. The number of halogens is 1. The first kappa shape index (κ1) is 20.4. The molecule has 2 rings (SSSR count). The normalized spacial score (nSPS) is 12.6. The first-order valence-electron chi connectivity index (χ1n) is 7.89. The van der Waals surface area contributed by atoms with Gasteiger partial charge in [-0.15, -0.1) is 11.8 Å². The van der Waals surface area contributed by atoms with Gasteiger partial charge in [-0.05, 0) is 55.1 Å². The van der Waals surface area contributed by atoms with E-state index in [0.717, 1.165) is 34.7 Å². The molecule has 0 aliphatic heterocycles. The molecule has 1 amide bonds. The first-order valence-corrected chi connectivity index (χ1v) is 10.6. The van der Waals surface area contributed by atoms with E-state index >= 15 is 0 Å². The third kappa shape index (κ3) is 5.30. The van der Waals surface area contributed by atoms with Gasteiger partial charge in [0.1, 0.15) is 5.82 Å². The molecule has 0 unspecified atom stereocenters. The van der Waals surface area contributed by atoms with Crippen LogP contribution in [0.2, 0.25) is 0 Å². The number of nitrogens with one attached hydrogen (secondary N) is 1. The molecule has 1 atom stereocenters. The maximum Gasteiger partial charge on any atom is 0.241 e. The standard InChI is InChI=1S/C18H21FN2O3S2/c1-13(20-26(23,24)17-10-6-15(19)7-11-17)18(22)21(2)12-14-4-8-16(25-3)9-5-14/h4-11,13,20H,12H2,1-3H3/t13-/m1/s1. The Hall–Kier alpha value is -1.90. The van der Waals surface area contributed by atoms with E-state index in [-0.39, 0.29) is 10.8 Å². The Labute approximate surface area is 157 Å². The van der Waals surface area contributed by atoms with Gasteiger partial charge in [0.2, 0.25) is 15.9 Å². The summed E-state index contributed by atoms with van der Waals surface area (Å²) in [6, 6.07) is 11.3. The topological polar surface area (TPSA) is 66.5 Å². The Morgan fingerprint density at radius 1 is 1.15 bits per heavy atom. The Bertz CT molecular complexity index is 853. The molecule has 0 spiro atoms. The summed E-state index contributed by atoms with van der Waals surface area (Å²) in [5.74, 6) is -0.884. The van der Waals surface area contributed by atoms with Crippen molar-refractivity contribution in [1.29, 1.82) is 0 Å². The van der Waals surface area contributed by atoms with Crippen LogP contribution in [0.1, 0.15) is 12.5 Å². The Morgan fingerprint density at radius 2 is 1.73 bits per heavy atom. The van der Waals surface area contributed by atoms with Gasteiger partial charge in [-0.1, -0.05) is 12.1 Å². The van der Waals surface area contributed by atoms with Crippen molar-refractivity contribution in [2.75, 3.05) is 13.3 Å². The van der Waals surface area contributed by atoms with Crippen LogP contribution in [0.3, 0.4) is 0 Å². The van der Waals surface area contributed by atoms with Crippen molar-refractivity contribution in [3.05, 3.63) is 59.9 Å². The first-order chi connectivity index (χ1) is 12.2. The number of carbonyl (C=O) groups is 1. The van der Waals surface area contributed by atoms with Gasteiger partial charge in [-0.25, -0.2) is 12.8 Å². The van der Waals surface area contributed by atoms with Crippen molar-refractivity contribution in [2.24, 2.45) is 0 Å². The molecule has 0 fully saturated rings. The van der Waals surface area contributed by atoms with Crippen LogP contribution in [0.25, 0.3) is 0 Å². The zero-order valence-electron chi connectivity index (χ0n) is 14.8. The fourth-order valence-corrected chi connectivity index (χ4v) is 3.98. The summed E-state index contributed by atoms with van der Waals surface area (Å²) in [5, 5.41) is 0. The van der Waals surface area contributed by atoms with Crippen LogP contribution in [0.15, 0.2) is 58.3 Å². The number of carbonyl (C=O) groups excluding carboxylic acids is 1. The number of benzene rings is 2. The largest absolute Gasteiger partial charge is 0.340 e. The number of rotatable bonds is 7. The molecule has 0 aliphatic rings. The summed E-state index contributed by atoms with van der Waals surface area (Å²) < 4.78 is 39.9. The molecule has 0 saturated heterocycles. The smallest absolute Gasteiger partial charge is 0.241 e. The van der Waals surface area contributed by atoms with Crippen LogP contribution in [0.4, 0.5) is 4.39 Å². The zero-order chi connectivity index (χ0) is 19.3. The molecule has 2 aromatic carbocycles. The quantitative estimate of drug-likeness (QED) is 0.731. The highest BCUT2D eigenvalue weighted by molar-refractivity contribution is 7.98.